The number of para-hydroxylation sites is 1. The lowest BCUT2D eigenvalue weighted by Gasteiger charge is -2.16. The Morgan fingerprint density at radius 3 is 2.65 bits per heavy atom. The van der Waals surface area contributed by atoms with Crippen molar-refractivity contribution < 1.29 is 9.15 Å². The number of rotatable bonds is 5. The summed E-state index contributed by atoms with van der Waals surface area (Å²) in [6, 6.07) is 19.2. The average molecular weight is 451 g/mol. The molecule has 156 valence electrons. The normalized spacial score (nSPS) is 14.7. The summed E-state index contributed by atoms with van der Waals surface area (Å²) in [6.45, 7) is 2.12. The zero-order chi connectivity index (χ0) is 21.2. The van der Waals surface area contributed by atoms with Gasteiger partial charge >= 0.3 is 0 Å². The molecule has 0 unspecified atom stereocenters. The Balaban J connectivity index is 1.54. The molecule has 0 saturated carbocycles. The molecular formula is C23H19ClN4O2S. The van der Waals surface area contributed by atoms with Crippen molar-refractivity contribution in [2.45, 2.75) is 24.7 Å². The van der Waals surface area contributed by atoms with Gasteiger partial charge in [-0.05, 0) is 36.8 Å². The highest BCUT2D eigenvalue weighted by Gasteiger charge is 2.28. The van der Waals surface area contributed by atoms with Crippen molar-refractivity contribution in [2.24, 2.45) is 0 Å². The van der Waals surface area contributed by atoms with Crippen LogP contribution < -0.4 is 10.1 Å². The van der Waals surface area contributed by atoms with Crippen molar-refractivity contribution >= 4 is 29.1 Å². The van der Waals surface area contributed by atoms with Crippen LogP contribution in [0.5, 0.6) is 5.88 Å². The van der Waals surface area contributed by atoms with Crippen molar-refractivity contribution in [1.29, 1.82) is 0 Å². The van der Waals surface area contributed by atoms with Gasteiger partial charge in [0.25, 0.3) is 0 Å². The second-order valence-electron chi connectivity index (χ2n) is 6.97. The third kappa shape index (κ3) is 3.98. The van der Waals surface area contributed by atoms with Crippen LogP contribution >= 0.6 is 23.4 Å². The zero-order valence-electron chi connectivity index (χ0n) is 16.7. The van der Waals surface area contributed by atoms with E-state index in [0.29, 0.717) is 33.3 Å². The molecule has 1 aliphatic heterocycles. The monoisotopic (exact) mass is 450 g/mol. The highest BCUT2D eigenvalue weighted by Crippen LogP contribution is 2.40. The Morgan fingerprint density at radius 2 is 1.81 bits per heavy atom. The minimum Gasteiger partial charge on any atom is -0.455 e. The molecule has 2 aromatic heterocycles. The fourth-order valence-electron chi connectivity index (χ4n) is 3.33. The molecule has 1 aliphatic rings. The molecule has 0 fully saturated rings. The number of hydrogen-bond acceptors (Lipinski definition) is 7. The molecule has 0 amide bonds. The predicted octanol–water partition coefficient (Wildman–Crippen LogP) is 6.46. The van der Waals surface area contributed by atoms with E-state index in [1.165, 1.54) is 0 Å². The van der Waals surface area contributed by atoms with Gasteiger partial charge in [0.05, 0.1) is 5.02 Å². The number of anilines is 1. The van der Waals surface area contributed by atoms with E-state index in [-0.39, 0.29) is 0 Å². The Kier molecular flexibility index (Phi) is 5.53. The van der Waals surface area contributed by atoms with Gasteiger partial charge in [0.15, 0.2) is 11.5 Å². The lowest BCUT2D eigenvalue weighted by molar-refractivity contribution is 0.196. The molecule has 31 heavy (non-hydrogen) atoms. The van der Waals surface area contributed by atoms with Crippen LogP contribution in [0, 0.1) is 0 Å². The first-order valence-electron chi connectivity index (χ1n) is 9.97. The standard InChI is InChI=1S/C23H19ClN4O2S/c1-2-13-31-23-26-22-20(27-28-23)15-8-4-6-10-17(15)25-21(30-22)19-12-11-18(29-19)14-7-3-5-9-16(14)24/h3-12,21,25H,2,13H2,1H3/t21-/m1/s1. The molecule has 4 aromatic rings. The highest BCUT2D eigenvalue weighted by molar-refractivity contribution is 7.99. The Labute approximate surface area is 189 Å². The summed E-state index contributed by atoms with van der Waals surface area (Å²) in [6.07, 6.45) is 0.440. The molecule has 8 heteroatoms. The summed E-state index contributed by atoms with van der Waals surface area (Å²) in [5.41, 5.74) is 3.17. The van der Waals surface area contributed by atoms with Gasteiger partial charge < -0.3 is 14.5 Å². The number of hydrogen-bond donors (Lipinski definition) is 1. The summed E-state index contributed by atoms with van der Waals surface area (Å²) in [5, 5.41) is 13.3. The largest absolute Gasteiger partial charge is 0.455 e. The van der Waals surface area contributed by atoms with Crippen molar-refractivity contribution in [3.63, 3.8) is 0 Å². The van der Waals surface area contributed by atoms with E-state index in [9.17, 15) is 0 Å². The van der Waals surface area contributed by atoms with Gasteiger partial charge in [0.1, 0.15) is 5.76 Å². The van der Waals surface area contributed by atoms with Gasteiger partial charge in [-0.25, -0.2) is 0 Å². The van der Waals surface area contributed by atoms with Gasteiger partial charge in [0.2, 0.25) is 17.3 Å². The first-order chi connectivity index (χ1) is 15.2. The van der Waals surface area contributed by atoms with Crippen LogP contribution in [0.25, 0.3) is 22.6 Å². The molecule has 0 aliphatic carbocycles. The summed E-state index contributed by atoms with van der Waals surface area (Å²) >= 11 is 7.90. The third-order valence-electron chi connectivity index (χ3n) is 4.79. The average Bonchev–Trinajstić information content (AvgIpc) is 3.22. The second kappa shape index (κ2) is 8.61. The Hall–Kier alpha value is -3.03. The predicted molar refractivity (Wildman–Crippen MR) is 122 cm³/mol. The molecule has 3 heterocycles. The summed E-state index contributed by atoms with van der Waals surface area (Å²) in [5.74, 6) is 2.62. The van der Waals surface area contributed by atoms with Crippen LogP contribution in [0.2, 0.25) is 5.02 Å². The van der Waals surface area contributed by atoms with E-state index in [2.05, 4.69) is 27.4 Å². The smallest absolute Gasteiger partial charge is 0.247 e. The van der Waals surface area contributed by atoms with Gasteiger partial charge in [0, 0.05) is 22.6 Å². The summed E-state index contributed by atoms with van der Waals surface area (Å²) in [4.78, 5) is 4.63. The number of nitrogens with zero attached hydrogens (tertiary/aromatic N) is 3. The van der Waals surface area contributed by atoms with Gasteiger partial charge in [-0.15, -0.1) is 10.2 Å². The lowest BCUT2D eigenvalue weighted by atomic mass is 10.1. The van der Waals surface area contributed by atoms with Gasteiger partial charge in [-0.1, -0.05) is 60.6 Å². The zero-order valence-corrected chi connectivity index (χ0v) is 18.3. The van der Waals surface area contributed by atoms with E-state index < -0.39 is 6.23 Å². The molecule has 0 bridgehead atoms. The number of nitrogens with one attached hydrogen (secondary N) is 1. The van der Waals surface area contributed by atoms with E-state index in [1.54, 1.807) is 11.8 Å². The number of halogens is 1. The minimum absolute atomic E-state index is 0.423. The van der Waals surface area contributed by atoms with Crippen molar-refractivity contribution in [3.05, 3.63) is 71.4 Å². The van der Waals surface area contributed by atoms with E-state index in [1.807, 2.05) is 60.7 Å². The highest BCUT2D eigenvalue weighted by atomic mass is 35.5. The number of furan rings is 1. The maximum atomic E-state index is 6.34. The quantitative estimate of drug-likeness (QED) is 0.350. The molecule has 1 N–H and O–H groups in total. The Bertz CT molecular complexity index is 1230. The Morgan fingerprint density at radius 1 is 1.00 bits per heavy atom. The molecule has 0 radical (unpaired) electrons. The molecule has 0 saturated heterocycles. The molecule has 2 aromatic carbocycles. The topological polar surface area (TPSA) is 73.1 Å². The number of ether oxygens (including phenoxy) is 1. The SMILES string of the molecule is CCCSc1nnc2c(n1)O[C@H](c1ccc(-c3ccccc3Cl)o1)Nc1ccccc1-2. The van der Waals surface area contributed by atoms with Crippen molar-refractivity contribution in [2.75, 3.05) is 11.1 Å². The van der Waals surface area contributed by atoms with E-state index in [0.717, 1.165) is 29.0 Å². The molecule has 1 atom stereocenters. The first kappa shape index (κ1) is 19.9. The number of fused-ring (bicyclic) bond motifs is 3. The number of benzene rings is 2. The first-order valence-corrected chi connectivity index (χ1v) is 11.3. The maximum Gasteiger partial charge on any atom is 0.247 e. The minimum atomic E-state index is -0.584. The van der Waals surface area contributed by atoms with Crippen LogP contribution in [0.1, 0.15) is 25.3 Å². The summed E-state index contributed by atoms with van der Waals surface area (Å²) in [7, 11) is 0. The van der Waals surface area contributed by atoms with Crippen LogP contribution in [-0.2, 0) is 0 Å². The number of thioether (sulfide) groups is 1. The molecule has 6 nitrogen and oxygen atoms in total. The third-order valence-corrected chi connectivity index (χ3v) is 6.17. The van der Waals surface area contributed by atoms with Gasteiger partial charge in [-0.3, -0.25) is 0 Å². The van der Waals surface area contributed by atoms with Crippen molar-refractivity contribution in [3.8, 4) is 28.5 Å². The molecular weight excluding hydrogens is 432 g/mol. The van der Waals surface area contributed by atoms with E-state index >= 15 is 0 Å². The lowest BCUT2D eigenvalue weighted by Crippen LogP contribution is -2.16. The number of aromatic nitrogens is 3. The van der Waals surface area contributed by atoms with E-state index in [4.69, 9.17) is 20.8 Å². The van der Waals surface area contributed by atoms with Crippen LogP contribution in [0.15, 0.2) is 70.2 Å². The van der Waals surface area contributed by atoms with Crippen LogP contribution in [0.3, 0.4) is 0 Å². The fourth-order valence-corrected chi connectivity index (χ4v) is 4.19. The summed E-state index contributed by atoms with van der Waals surface area (Å²) < 4.78 is 12.4. The van der Waals surface area contributed by atoms with Crippen molar-refractivity contribution in [1.82, 2.24) is 15.2 Å². The van der Waals surface area contributed by atoms with Crippen LogP contribution in [0.4, 0.5) is 5.69 Å². The maximum absolute atomic E-state index is 6.34. The second-order valence-corrected chi connectivity index (χ2v) is 8.44. The van der Waals surface area contributed by atoms with Crippen LogP contribution in [-0.4, -0.2) is 20.9 Å². The van der Waals surface area contributed by atoms with Gasteiger partial charge in [-0.2, -0.15) is 4.98 Å². The fraction of sp³-hybridized carbons (Fsp3) is 0.174. The molecule has 0 spiro atoms. The molecule has 5 rings (SSSR count).